The van der Waals surface area contributed by atoms with Gasteiger partial charge in [-0.05, 0) is 19.1 Å². The predicted molar refractivity (Wildman–Crippen MR) is 82.5 cm³/mol. The highest BCUT2D eigenvalue weighted by atomic mass is 16.5. The molecule has 2 saturated heterocycles. The van der Waals surface area contributed by atoms with Crippen molar-refractivity contribution in [1.29, 1.82) is 0 Å². The Morgan fingerprint density at radius 2 is 2.14 bits per heavy atom. The Balaban J connectivity index is 1.60. The predicted octanol–water partition coefficient (Wildman–Crippen LogP) is 0.285. The van der Waals surface area contributed by atoms with Gasteiger partial charge in [0.1, 0.15) is 6.04 Å². The zero-order chi connectivity index (χ0) is 15.5. The number of ether oxygens (including phenoxy) is 1. The van der Waals surface area contributed by atoms with E-state index in [1.807, 2.05) is 37.3 Å². The highest BCUT2D eigenvalue weighted by molar-refractivity contribution is 5.97. The Hall–Kier alpha value is -1.92. The van der Waals surface area contributed by atoms with Gasteiger partial charge in [-0.3, -0.25) is 9.59 Å². The van der Waals surface area contributed by atoms with E-state index in [0.717, 1.165) is 5.69 Å². The zero-order valence-electron chi connectivity index (χ0n) is 12.6. The van der Waals surface area contributed by atoms with Crippen LogP contribution in [-0.4, -0.2) is 49.7 Å². The molecule has 6 heteroatoms. The zero-order valence-corrected chi connectivity index (χ0v) is 12.6. The van der Waals surface area contributed by atoms with Gasteiger partial charge >= 0.3 is 0 Å². The summed E-state index contributed by atoms with van der Waals surface area (Å²) in [5.41, 5.74) is 0.872. The molecule has 0 saturated carbocycles. The lowest BCUT2D eigenvalue weighted by Crippen LogP contribution is -2.57. The minimum absolute atomic E-state index is 0.0393. The largest absolute Gasteiger partial charge is 0.375 e. The number of hydrogen-bond donors (Lipinski definition) is 2. The summed E-state index contributed by atoms with van der Waals surface area (Å²) in [5, 5.41) is 6.13. The highest BCUT2D eigenvalue weighted by Crippen LogP contribution is 2.21. The molecule has 22 heavy (non-hydrogen) atoms. The van der Waals surface area contributed by atoms with E-state index in [-0.39, 0.29) is 30.0 Å². The Labute approximate surface area is 129 Å². The molecular weight excluding hydrogens is 282 g/mol. The molecule has 3 atom stereocenters. The van der Waals surface area contributed by atoms with Crippen LogP contribution in [0.1, 0.15) is 13.3 Å². The fourth-order valence-corrected chi connectivity index (χ4v) is 2.98. The maximum Gasteiger partial charge on any atom is 0.240 e. The fourth-order valence-electron chi connectivity index (χ4n) is 2.98. The molecule has 1 unspecified atom stereocenters. The molecule has 0 spiro atoms. The molecule has 2 amide bonds. The van der Waals surface area contributed by atoms with Crippen molar-refractivity contribution in [2.45, 2.75) is 31.5 Å². The number of nitrogens with one attached hydrogen (secondary N) is 2. The fraction of sp³-hybridized carbons (Fsp3) is 0.500. The van der Waals surface area contributed by atoms with E-state index in [1.165, 1.54) is 0 Å². The van der Waals surface area contributed by atoms with Crippen LogP contribution in [0.3, 0.4) is 0 Å². The number of benzene rings is 1. The van der Waals surface area contributed by atoms with Crippen LogP contribution in [0, 0.1) is 0 Å². The lowest BCUT2D eigenvalue weighted by molar-refractivity contribution is -0.129. The number of nitrogens with zero attached hydrogens (tertiary/aromatic N) is 1. The van der Waals surface area contributed by atoms with Crippen molar-refractivity contribution in [1.82, 2.24) is 10.6 Å². The summed E-state index contributed by atoms with van der Waals surface area (Å²) in [5.74, 6) is -0.0580. The van der Waals surface area contributed by atoms with Crippen LogP contribution in [0.15, 0.2) is 30.3 Å². The van der Waals surface area contributed by atoms with Gasteiger partial charge in [0, 0.05) is 25.2 Å². The Bertz CT molecular complexity index is 549. The summed E-state index contributed by atoms with van der Waals surface area (Å²) in [6, 6.07) is 9.02. The Kier molecular flexibility index (Phi) is 4.40. The molecule has 3 rings (SSSR count). The number of carbonyl (C=O) groups excluding carboxylic acids is 2. The monoisotopic (exact) mass is 303 g/mol. The first kappa shape index (κ1) is 15.0. The van der Waals surface area contributed by atoms with Crippen molar-refractivity contribution < 1.29 is 14.3 Å². The Morgan fingerprint density at radius 1 is 1.36 bits per heavy atom. The average molecular weight is 303 g/mol. The summed E-state index contributed by atoms with van der Waals surface area (Å²) in [7, 11) is 0. The van der Waals surface area contributed by atoms with Crippen molar-refractivity contribution >= 4 is 17.5 Å². The maximum absolute atomic E-state index is 12.3. The third-order valence-corrected chi connectivity index (χ3v) is 4.14. The molecule has 1 aromatic rings. The molecule has 1 aromatic carbocycles. The third kappa shape index (κ3) is 3.13. The minimum Gasteiger partial charge on any atom is -0.375 e. The van der Waals surface area contributed by atoms with Crippen LogP contribution in [0.4, 0.5) is 5.69 Å². The number of hydrogen-bond acceptors (Lipinski definition) is 4. The van der Waals surface area contributed by atoms with E-state index in [9.17, 15) is 9.59 Å². The van der Waals surface area contributed by atoms with Crippen LogP contribution in [-0.2, 0) is 14.3 Å². The van der Waals surface area contributed by atoms with Gasteiger partial charge in [0.2, 0.25) is 11.8 Å². The molecular formula is C16H21N3O3. The molecule has 6 nitrogen and oxygen atoms in total. The number of carbonyl (C=O) groups is 2. The lowest BCUT2D eigenvalue weighted by Gasteiger charge is -2.30. The number of morpholine rings is 1. The van der Waals surface area contributed by atoms with Crippen LogP contribution in [0.5, 0.6) is 0 Å². The normalized spacial score (nSPS) is 28.7. The van der Waals surface area contributed by atoms with E-state index in [4.69, 9.17) is 4.74 Å². The molecule has 0 bridgehead atoms. The molecule has 2 aliphatic heterocycles. The van der Waals surface area contributed by atoms with Crippen molar-refractivity contribution in [2.75, 3.05) is 24.6 Å². The standard InChI is InChI=1S/C16H21N3O3/c1-11-15(17-7-8-22-11)16(21)18-12-9-14(20)19(10-12)13-5-3-2-4-6-13/h2-6,11-12,15,17H,7-10H2,1H3,(H,18,21)/t11-,12?,15+/m1/s1. The maximum atomic E-state index is 12.3. The number of amides is 2. The molecule has 2 N–H and O–H groups in total. The van der Waals surface area contributed by atoms with Crippen molar-refractivity contribution in [3.05, 3.63) is 30.3 Å². The molecule has 2 aliphatic rings. The second-order valence-corrected chi connectivity index (χ2v) is 5.76. The second kappa shape index (κ2) is 6.46. The average Bonchev–Trinajstić information content (AvgIpc) is 2.89. The Morgan fingerprint density at radius 3 is 2.86 bits per heavy atom. The van der Waals surface area contributed by atoms with Crippen molar-refractivity contribution in [3.8, 4) is 0 Å². The SMILES string of the molecule is C[C@H]1OCCN[C@@H]1C(=O)NC1CC(=O)N(c2ccccc2)C1. The topological polar surface area (TPSA) is 70.7 Å². The first-order chi connectivity index (χ1) is 10.6. The van der Waals surface area contributed by atoms with Gasteiger partial charge in [0.05, 0.1) is 18.8 Å². The van der Waals surface area contributed by atoms with Gasteiger partial charge in [0.25, 0.3) is 0 Å². The number of anilines is 1. The summed E-state index contributed by atoms with van der Waals surface area (Å²) >= 11 is 0. The summed E-state index contributed by atoms with van der Waals surface area (Å²) in [4.78, 5) is 26.2. The highest BCUT2D eigenvalue weighted by Gasteiger charge is 2.35. The first-order valence-corrected chi connectivity index (χ1v) is 7.66. The first-order valence-electron chi connectivity index (χ1n) is 7.66. The molecule has 2 heterocycles. The van der Waals surface area contributed by atoms with Crippen LogP contribution < -0.4 is 15.5 Å². The van der Waals surface area contributed by atoms with Gasteiger partial charge in [-0.25, -0.2) is 0 Å². The summed E-state index contributed by atoms with van der Waals surface area (Å²) in [6.07, 6.45) is 0.179. The van der Waals surface area contributed by atoms with Gasteiger partial charge in [-0.15, -0.1) is 0 Å². The molecule has 0 aliphatic carbocycles. The quantitative estimate of drug-likeness (QED) is 0.842. The minimum atomic E-state index is -0.352. The molecule has 0 aromatic heterocycles. The number of rotatable bonds is 3. The smallest absolute Gasteiger partial charge is 0.240 e. The summed E-state index contributed by atoms with van der Waals surface area (Å²) < 4.78 is 5.49. The lowest BCUT2D eigenvalue weighted by atomic mass is 10.1. The van der Waals surface area contributed by atoms with E-state index >= 15 is 0 Å². The molecule has 0 radical (unpaired) electrons. The molecule has 2 fully saturated rings. The van der Waals surface area contributed by atoms with Gasteiger partial charge in [-0.1, -0.05) is 18.2 Å². The van der Waals surface area contributed by atoms with E-state index < -0.39 is 0 Å². The second-order valence-electron chi connectivity index (χ2n) is 5.76. The van der Waals surface area contributed by atoms with Gasteiger partial charge in [0.15, 0.2) is 0 Å². The van der Waals surface area contributed by atoms with Gasteiger partial charge < -0.3 is 20.3 Å². The van der Waals surface area contributed by atoms with Gasteiger partial charge in [-0.2, -0.15) is 0 Å². The van der Waals surface area contributed by atoms with Crippen LogP contribution in [0.25, 0.3) is 0 Å². The third-order valence-electron chi connectivity index (χ3n) is 4.14. The van der Waals surface area contributed by atoms with Crippen LogP contribution >= 0.6 is 0 Å². The van der Waals surface area contributed by atoms with E-state index in [2.05, 4.69) is 10.6 Å². The van der Waals surface area contributed by atoms with Crippen molar-refractivity contribution in [3.63, 3.8) is 0 Å². The molecule has 118 valence electrons. The summed E-state index contributed by atoms with van der Waals surface area (Å²) in [6.45, 7) is 3.68. The van der Waals surface area contributed by atoms with E-state index in [1.54, 1.807) is 4.90 Å². The van der Waals surface area contributed by atoms with Crippen LogP contribution in [0.2, 0.25) is 0 Å². The number of para-hydroxylation sites is 1. The van der Waals surface area contributed by atoms with E-state index in [0.29, 0.717) is 26.1 Å². The van der Waals surface area contributed by atoms with Crippen molar-refractivity contribution in [2.24, 2.45) is 0 Å².